The third-order valence-electron chi connectivity index (χ3n) is 5.30. The summed E-state index contributed by atoms with van der Waals surface area (Å²) in [4.78, 5) is 26.0. The summed E-state index contributed by atoms with van der Waals surface area (Å²) in [6.45, 7) is 6.15. The van der Waals surface area contributed by atoms with E-state index < -0.39 is 0 Å². The lowest BCUT2D eigenvalue weighted by Gasteiger charge is -2.56. The van der Waals surface area contributed by atoms with Crippen LogP contribution in [0.25, 0.3) is 0 Å². The van der Waals surface area contributed by atoms with E-state index in [9.17, 15) is 4.79 Å². The average Bonchev–Trinajstić information content (AvgIpc) is 2.65. The number of hydrogen-bond donors (Lipinski definition) is 1. The second-order valence-corrected chi connectivity index (χ2v) is 7.32. The molecule has 0 aliphatic carbocycles. The van der Waals surface area contributed by atoms with Crippen molar-refractivity contribution in [3.8, 4) is 5.75 Å². The highest BCUT2D eigenvalue weighted by atomic mass is 16.5. The molecular formula is C20H25N5O2. The van der Waals surface area contributed by atoms with Crippen LogP contribution in [0.2, 0.25) is 0 Å². The first kappa shape index (κ1) is 17.7. The molecule has 2 unspecified atom stereocenters. The number of aromatic nitrogens is 2. The molecule has 3 fully saturated rings. The van der Waals surface area contributed by atoms with E-state index in [2.05, 4.69) is 25.1 Å². The van der Waals surface area contributed by atoms with Gasteiger partial charge >= 0.3 is 0 Å². The molecule has 142 valence electrons. The van der Waals surface area contributed by atoms with E-state index in [1.165, 1.54) is 0 Å². The molecule has 1 aromatic heterocycles. The Kier molecular flexibility index (Phi) is 4.70. The number of nitrogens with one attached hydrogen (secondary N) is 1. The molecule has 1 aromatic carbocycles. The number of methoxy groups -OCH3 is 1. The lowest BCUT2D eigenvalue weighted by Crippen LogP contribution is -2.69. The smallest absolute Gasteiger partial charge is 0.238 e. The van der Waals surface area contributed by atoms with E-state index in [0.717, 1.165) is 48.3 Å². The van der Waals surface area contributed by atoms with Crippen LogP contribution in [0.5, 0.6) is 5.75 Å². The number of amides is 1. The molecule has 5 rings (SSSR count). The second kappa shape index (κ2) is 7.15. The topological polar surface area (TPSA) is 70.6 Å². The molecular weight excluding hydrogens is 342 g/mol. The number of benzene rings is 1. The van der Waals surface area contributed by atoms with Crippen molar-refractivity contribution in [3.63, 3.8) is 0 Å². The molecule has 3 aliphatic heterocycles. The number of piperidine rings is 1. The Bertz CT molecular complexity index is 824. The third-order valence-corrected chi connectivity index (χ3v) is 5.30. The molecule has 3 aliphatic rings. The van der Waals surface area contributed by atoms with Gasteiger partial charge in [0, 0.05) is 48.7 Å². The summed E-state index contributed by atoms with van der Waals surface area (Å²) in [7, 11) is 1.62. The van der Waals surface area contributed by atoms with Crippen molar-refractivity contribution in [2.45, 2.75) is 32.4 Å². The summed E-state index contributed by atoms with van der Waals surface area (Å²) in [5.41, 5.74) is 1.75. The van der Waals surface area contributed by atoms with Crippen LogP contribution >= 0.6 is 0 Å². The molecule has 4 heterocycles. The fourth-order valence-corrected chi connectivity index (χ4v) is 4.06. The van der Waals surface area contributed by atoms with Crippen molar-refractivity contribution >= 4 is 17.4 Å². The van der Waals surface area contributed by atoms with Crippen molar-refractivity contribution in [1.82, 2.24) is 14.9 Å². The van der Waals surface area contributed by atoms with Gasteiger partial charge in [0.2, 0.25) is 5.91 Å². The van der Waals surface area contributed by atoms with Crippen LogP contribution in [0.3, 0.4) is 0 Å². The monoisotopic (exact) mass is 367 g/mol. The molecule has 1 amide bonds. The van der Waals surface area contributed by atoms with Crippen molar-refractivity contribution < 1.29 is 9.53 Å². The molecule has 0 saturated carbocycles. The van der Waals surface area contributed by atoms with Gasteiger partial charge < -0.3 is 15.0 Å². The molecule has 2 atom stereocenters. The van der Waals surface area contributed by atoms with Gasteiger partial charge in [-0.15, -0.1) is 0 Å². The Labute approximate surface area is 159 Å². The maximum absolute atomic E-state index is 12.5. The average molecular weight is 367 g/mol. The van der Waals surface area contributed by atoms with Gasteiger partial charge in [-0.05, 0) is 32.4 Å². The van der Waals surface area contributed by atoms with Crippen LogP contribution in [0.1, 0.15) is 17.9 Å². The first-order valence-corrected chi connectivity index (χ1v) is 9.28. The maximum atomic E-state index is 12.5. The van der Waals surface area contributed by atoms with Crippen LogP contribution in [0.4, 0.5) is 11.5 Å². The van der Waals surface area contributed by atoms with Crippen molar-refractivity contribution in [2.24, 2.45) is 0 Å². The third kappa shape index (κ3) is 3.73. The van der Waals surface area contributed by atoms with Gasteiger partial charge in [-0.3, -0.25) is 9.69 Å². The first-order valence-electron chi connectivity index (χ1n) is 9.28. The van der Waals surface area contributed by atoms with Gasteiger partial charge in [0.05, 0.1) is 13.7 Å². The van der Waals surface area contributed by atoms with Crippen LogP contribution in [-0.2, 0) is 4.79 Å². The Balaban J connectivity index is 1.35. The number of hydrogen-bond acceptors (Lipinski definition) is 6. The summed E-state index contributed by atoms with van der Waals surface area (Å²) in [6, 6.07) is 10.3. The van der Waals surface area contributed by atoms with E-state index in [1.807, 2.05) is 44.2 Å². The number of anilines is 2. The molecule has 2 aromatic rings. The minimum absolute atomic E-state index is 0.0140. The number of carbonyl (C=O) groups is 1. The SMILES string of the molecule is COc1cccc(NC(=O)CN2C3CC2CN(c2cc(C)nc(C)n2)C3)c1. The number of nitrogens with zero attached hydrogens (tertiary/aromatic N) is 4. The van der Waals surface area contributed by atoms with E-state index in [-0.39, 0.29) is 5.91 Å². The summed E-state index contributed by atoms with van der Waals surface area (Å²) in [6.07, 6.45) is 1.14. The van der Waals surface area contributed by atoms with Gasteiger partial charge in [-0.25, -0.2) is 9.97 Å². The quantitative estimate of drug-likeness (QED) is 0.872. The summed E-state index contributed by atoms with van der Waals surface area (Å²) in [5.74, 6) is 2.55. The number of piperazine rings is 1. The zero-order valence-corrected chi connectivity index (χ0v) is 16.0. The Morgan fingerprint density at radius 2 is 2.00 bits per heavy atom. The normalized spacial score (nSPS) is 21.5. The summed E-state index contributed by atoms with van der Waals surface area (Å²) in [5, 5.41) is 2.97. The summed E-state index contributed by atoms with van der Waals surface area (Å²) >= 11 is 0. The molecule has 2 bridgehead atoms. The van der Waals surface area contributed by atoms with Gasteiger partial charge in [0.15, 0.2) is 0 Å². The molecule has 7 nitrogen and oxygen atoms in total. The van der Waals surface area contributed by atoms with E-state index in [0.29, 0.717) is 18.6 Å². The number of rotatable bonds is 5. The molecule has 0 spiro atoms. The van der Waals surface area contributed by atoms with Crippen molar-refractivity contribution in [2.75, 3.05) is 37.0 Å². The minimum atomic E-state index is 0.0140. The standard InChI is InChI=1S/C20H25N5O2/c1-13-7-19(22-14(2)21-13)24-10-16-9-17(11-24)25(16)12-20(26)23-15-5-4-6-18(8-15)27-3/h4-8,16-17H,9-12H2,1-3H3,(H,23,26). The number of fused-ring (bicyclic) bond motifs is 2. The minimum Gasteiger partial charge on any atom is -0.497 e. The highest BCUT2D eigenvalue weighted by Gasteiger charge is 2.45. The maximum Gasteiger partial charge on any atom is 0.238 e. The zero-order valence-electron chi connectivity index (χ0n) is 16.0. The molecule has 0 radical (unpaired) electrons. The fraction of sp³-hybridized carbons (Fsp3) is 0.450. The number of ether oxygens (including phenoxy) is 1. The Morgan fingerprint density at radius 3 is 2.70 bits per heavy atom. The summed E-state index contributed by atoms with van der Waals surface area (Å²) < 4.78 is 5.20. The van der Waals surface area contributed by atoms with Crippen molar-refractivity contribution in [1.29, 1.82) is 0 Å². The van der Waals surface area contributed by atoms with E-state index in [1.54, 1.807) is 7.11 Å². The van der Waals surface area contributed by atoms with Gasteiger partial charge in [-0.2, -0.15) is 0 Å². The molecule has 27 heavy (non-hydrogen) atoms. The zero-order chi connectivity index (χ0) is 19.0. The highest BCUT2D eigenvalue weighted by molar-refractivity contribution is 5.92. The number of carbonyl (C=O) groups excluding carboxylic acids is 1. The van der Waals surface area contributed by atoms with Crippen LogP contribution in [0.15, 0.2) is 30.3 Å². The van der Waals surface area contributed by atoms with E-state index in [4.69, 9.17) is 4.74 Å². The molecule has 7 heteroatoms. The predicted molar refractivity (Wildman–Crippen MR) is 104 cm³/mol. The molecule has 3 saturated heterocycles. The van der Waals surface area contributed by atoms with Crippen LogP contribution in [0, 0.1) is 13.8 Å². The molecule has 1 N–H and O–H groups in total. The fourth-order valence-electron chi connectivity index (χ4n) is 4.06. The Morgan fingerprint density at radius 1 is 1.22 bits per heavy atom. The van der Waals surface area contributed by atoms with Gasteiger partial charge in [0.1, 0.15) is 17.4 Å². The number of aryl methyl sites for hydroxylation is 2. The highest BCUT2D eigenvalue weighted by Crippen LogP contribution is 2.34. The van der Waals surface area contributed by atoms with Crippen LogP contribution in [-0.4, -0.2) is 59.6 Å². The lowest BCUT2D eigenvalue weighted by atomic mass is 9.87. The van der Waals surface area contributed by atoms with Crippen molar-refractivity contribution in [3.05, 3.63) is 41.9 Å². The van der Waals surface area contributed by atoms with E-state index >= 15 is 0 Å². The first-order chi connectivity index (χ1) is 13.0. The van der Waals surface area contributed by atoms with Gasteiger partial charge in [0.25, 0.3) is 0 Å². The Hall–Kier alpha value is -2.67. The van der Waals surface area contributed by atoms with Crippen LogP contribution < -0.4 is 15.0 Å². The largest absolute Gasteiger partial charge is 0.497 e. The van der Waals surface area contributed by atoms with Gasteiger partial charge in [-0.1, -0.05) is 6.07 Å². The second-order valence-electron chi connectivity index (χ2n) is 7.32. The lowest BCUT2D eigenvalue weighted by molar-refractivity contribution is -0.121. The predicted octanol–water partition coefficient (Wildman–Crippen LogP) is 2.00.